The number of ether oxygens (including phenoxy) is 5. The molecule has 0 aromatic heterocycles. The maximum atomic E-state index is 13.1. The zero-order chi connectivity index (χ0) is 36.6. The minimum atomic E-state index is -0.777. The Labute approximate surface area is 312 Å². The SMILES string of the molecule is CCN(CC)CCCOC(=O)OCC(COC(=O)CCCCC(=O)OCCC12CC3CC(CC(C3)C1)C2)COC(=O)CC12CC3CC(CC(C3)C1)C2. The van der Waals surface area contributed by atoms with Gasteiger partial charge in [0.2, 0.25) is 0 Å². The van der Waals surface area contributed by atoms with Crippen LogP contribution < -0.4 is 0 Å². The third kappa shape index (κ3) is 11.1. The van der Waals surface area contributed by atoms with Gasteiger partial charge < -0.3 is 28.6 Å². The first-order valence-electron chi connectivity index (χ1n) is 21.1. The minimum Gasteiger partial charge on any atom is -0.466 e. The van der Waals surface area contributed by atoms with Crippen LogP contribution >= 0.6 is 0 Å². The number of carbonyl (C=O) groups is 4. The molecule has 1 unspecified atom stereocenters. The van der Waals surface area contributed by atoms with Gasteiger partial charge in [0.25, 0.3) is 0 Å². The monoisotopic (exact) mass is 729 g/mol. The molecule has 0 aromatic carbocycles. The van der Waals surface area contributed by atoms with Gasteiger partial charge >= 0.3 is 24.1 Å². The van der Waals surface area contributed by atoms with Crippen molar-refractivity contribution in [2.45, 2.75) is 136 Å². The van der Waals surface area contributed by atoms with E-state index >= 15 is 0 Å². The van der Waals surface area contributed by atoms with Crippen molar-refractivity contribution in [3.63, 3.8) is 0 Å². The molecule has 52 heavy (non-hydrogen) atoms. The van der Waals surface area contributed by atoms with Crippen molar-refractivity contribution >= 4 is 24.1 Å². The number of hydrogen-bond acceptors (Lipinski definition) is 10. The summed E-state index contributed by atoms with van der Waals surface area (Å²) in [6.07, 6.45) is 18.4. The van der Waals surface area contributed by atoms with Crippen LogP contribution in [0.1, 0.15) is 136 Å². The second kappa shape index (κ2) is 18.3. The molecule has 8 rings (SSSR count). The smallest absolute Gasteiger partial charge is 0.466 e. The van der Waals surface area contributed by atoms with E-state index in [2.05, 4.69) is 18.7 Å². The number of nitrogens with zero attached hydrogens (tertiary/aromatic N) is 1. The van der Waals surface area contributed by atoms with Crippen LogP contribution in [0.3, 0.4) is 0 Å². The molecule has 8 aliphatic rings. The van der Waals surface area contributed by atoms with Crippen LogP contribution in [-0.4, -0.2) is 81.6 Å². The Bertz CT molecular complexity index is 1140. The number of hydrogen-bond donors (Lipinski definition) is 0. The summed E-state index contributed by atoms with van der Waals surface area (Å²) in [5.41, 5.74) is 0.472. The van der Waals surface area contributed by atoms with Crippen LogP contribution in [0.15, 0.2) is 0 Å². The lowest BCUT2D eigenvalue weighted by atomic mass is 9.49. The Hall–Kier alpha value is -2.36. The van der Waals surface area contributed by atoms with E-state index in [4.69, 9.17) is 23.7 Å². The Balaban J connectivity index is 0.874. The molecule has 0 spiro atoms. The molecule has 8 aliphatic carbocycles. The molecule has 1 atom stereocenters. The van der Waals surface area contributed by atoms with E-state index in [9.17, 15) is 19.2 Å². The highest BCUT2D eigenvalue weighted by molar-refractivity contribution is 5.71. The van der Waals surface area contributed by atoms with E-state index < -0.39 is 12.1 Å². The van der Waals surface area contributed by atoms with Crippen molar-refractivity contribution in [3.8, 4) is 0 Å². The van der Waals surface area contributed by atoms with Gasteiger partial charge in [0.05, 0.1) is 25.6 Å². The molecule has 10 nitrogen and oxygen atoms in total. The molecule has 0 aromatic rings. The number of unbranched alkanes of at least 4 members (excludes halogenated alkanes) is 1. The van der Waals surface area contributed by atoms with Crippen LogP contribution in [-0.2, 0) is 38.1 Å². The van der Waals surface area contributed by atoms with Gasteiger partial charge in [-0.1, -0.05) is 13.8 Å². The maximum absolute atomic E-state index is 13.1. The van der Waals surface area contributed by atoms with Crippen LogP contribution in [0.2, 0.25) is 0 Å². The van der Waals surface area contributed by atoms with Gasteiger partial charge in [0.1, 0.15) is 19.8 Å². The summed E-state index contributed by atoms with van der Waals surface area (Å²) >= 11 is 0. The fourth-order valence-electron chi connectivity index (χ4n) is 12.3. The molecule has 294 valence electrons. The lowest BCUT2D eigenvalue weighted by Gasteiger charge is -2.57. The highest BCUT2D eigenvalue weighted by Gasteiger charge is 2.52. The molecule has 0 amide bonds. The second-order valence-corrected chi connectivity index (χ2v) is 18.2. The Morgan fingerprint density at radius 2 is 1.02 bits per heavy atom. The molecule has 8 bridgehead atoms. The van der Waals surface area contributed by atoms with Gasteiger partial charge in [-0.15, -0.1) is 0 Å². The molecular formula is C42H67NO9. The van der Waals surface area contributed by atoms with Crippen molar-refractivity contribution in [1.29, 1.82) is 0 Å². The fraction of sp³-hybridized carbons (Fsp3) is 0.905. The molecule has 0 radical (unpaired) electrons. The quantitative estimate of drug-likeness (QED) is 0.0619. The Morgan fingerprint density at radius 3 is 1.54 bits per heavy atom. The van der Waals surface area contributed by atoms with Crippen LogP contribution in [0.4, 0.5) is 4.79 Å². The fourth-order valence-corrected chi connectivity index (χ4v) is 12.3. The predicted molar refractivity (Wildman–Crippen MR) is 195 cm³/mol. The first kappa shape index (κ1) is 39.3. The number of esters is 3. The van der Waals surface area contributed by atoms with E-state index in [0.717, 1.165) is 80.8 Å². The maximum Gasteiger partial charge on any atom is 0.508 e. The largest absolute Gasteiger partial charge is 0.508 e. The summed E-state index contributed by atoms with van der Waals surface area (Å²) in [6, 6.07) is 0. The van der Waals surface area contributed by atoms with E-state index in [1.165, 1.54) is 57.8 Å². The van der Waals surface area contributed by atoms with Gasteiger partial charge in [0, 0.05) is 19.4 Å². The zero-order valence-corrected chi connectivity index (χ0v) is 32.3. The average molecular weight is 730 g/mol. The van der Waals surface area contributed by atoms with E-state index in [0.29, 0.717) is 44.1 Å². The normalized spacial score (nSPS) is 32.8. The Morgan fingerprint density at radius 1 is 0.558 bits per heavy atom. The lowest BCUT2D eigenvalue weighted by Crippen LogP contribution is -2.47. The molecule has 8 fully saturated rings. The summed E-state index contributed by atoms with van der Waals surface area (Å²) in [5, 5.41) is 0. The topological polar surface area (TPSA) is 118 Å². The van der Waals surface area contributed by atoms with Crippen molar-refractivity contribution in [2.75, 3.05) is 52.7 Å². The van der Waals surface area contributed by atoms with E-state index in [-0.39, 0.29) is 56.2 Å². The minimum absolute atomic E-state index is 0.00279. The van der Waals surface area contributed by atoms with Crippen molar-refractivity contribution in [2.24, 2.45) is 52.3 Å². The van der Waals surface area contributed by atoms with Crippen LogP contribution in [0.5, 0.6) is 0 Å². The van der Waals surface area contributed by atoms with Gasteiger partial charge in [-0.05, 0) is 162 Å². The second-order valence-electron chi connectivity index (χ2n) is 18.2. The van der Waals surface area contributed by atoms with Crippen LogP contribution in [0.25, 0.3) is 0 Å². The van der Waals surface area contributed by atoms with E-state index in [1.54, 1.807) is 0 Å². The van der Waals surface area contributed by atoms with Crippen molar-refractivity contribution in [1.82, 2.24) is 4.90 Å². The summed E-state index contributed by atoms with van der Waals surface area (Å²) in [5.74, 6) is 3.63. The molecule has 10 heteroatoms. The first-order chi connectivity index (χ1) is 25.1. The highest BCUT2D eigenvalue weighted by atomic mass is 16.7. The molecular weight excluding hydrogens is 662 g/mol. The average Bonchev–Trinajstić information content (AvgIpc) is 3.08. The molecule has 8 saturated carbocycles. The van der Waals surface area contributed by atoms with Gasteiger partial charge in [-0.3, -0.25) is 14.4 Å². The molecule has 0 aliphatic heterocycles. The molecule has 0 saturated heterocycles. The van der Waals surface area contributed by atoms with Crippen molar-refractivity contribution in [3.05, 3.63) is 0 Å². The van der Waals surface area contributed by atoms with Gasteiger partial charge in [-0.2, -0.15) is 0 Å². The number of carbonyl (C=O) groups excluding carboxylic acids is 4. The summed E-state index contributed by atoms with van der Waals surface area (Å²) in [7, 11) is 0. The highest BCUT2D eigenvalue weighted by Crippen LogP contribution is 2.62. The van der Waals surface area contributed by atoms with Gasteiger partial charge in [-0.25, -0.2) is 4.79 Å². The summed E-state index contributed by atoms with van der Waals surface area (Å²) in [4.78, 5) is 52.8. The van der Waals surface area contributed by atoms with Crippen LogP contribution in [0, 0.1) is 52.3 Å². The van der Waals surface area contributed by atoms with E-state index in [1.807, 2.05) is 0 Å². The summed E-state index contributed by atoms with van der Waals surface area (Å²) in [6.45, 7) is 7.56. The van der Waals surface area contributed by atoms with Crippen molar-refractivity contribution < 1.29 is 42.9 Å². The lowest BCUT2D eigenvalue weighted by molar-refractivity contribution is -0.156. The Kier molecular flexibility index (Phi) is 13.9. The third-order valence-electron chi connectivity index (χ3n) is 13.9. The predicted octanol–water partition coefficient (Wildman–Crippen LogP) is 7.89. The zero-order valence-electron chi connectivity index (χ0n) is 32.3. The van der Waals surface area contributed by atoms with Gasteiger partial charge in [0.15, 0.2) is 0 Å². The third-order valence-corrected chi connectivity index (χ3v) is 13.9. The molecule has 0 heterocycles. The number of rotatable bonds is 22. The standard InChI is InChI=1S/C42H67NO9/c1-3-43(4-2)11-7-12-49-40(47)52-29-36(28-51-39(46)26-42-23-33-17-34(24-42)19-35(18-33)25-42)27-50-38(45)9-6-5-8-37(44)48-13-10-41-20-30-14-31(21-41)16-32(15-30)22-41/h30-36H,3-29H2,1-2H3. The summed E-state index contributed by atoms with van der Waals surface area (Å²) < 4.78 is 27.6. The molecule has 0 N–H and O–H groups in total. The first-order valence-corrected chi connectivity index (χ1v) is 21.1.